The molecule has 2 atom stereocenters. The zero-order chi connectivity index (χ0) is 22.0. The highest BCUT2D eigenvalue weighted by Crippen LogP contribution is 2.34. The monoisotopic (exact) mass is 436 g/mol. The first-order valence-corrected chi connectivity index (χ1v) is 9.96. The van der Waals surface area contributed by atoms with Gasteiger partial charge in [-0.15, -0.1) is 0 Å². The van der Waals surface area contributed by atoms with Crippen molar-refractivity contribution in [1.29, 1.82) is 5.41 Å². The molecule has 0 spiro atoms. The molecule has 0 fully saturated rings. The van der Waals surface area contributed by atoms with E-state index in [-0.39, 0.29) is 18.2 Å². The number of hydrogen-bond acceptors (Lipinski definition) is 7. The van der Waals surface area contributed by atoms with Gasteiger partial charge >= 0.3 is 0 Å². The van der Waals surface area contributed by atoms with Crippen molar-refractivity contribution in [1.82, 2.24) is 10.3 Å². The minimum atomic E-state index is -0.756. The molecule has 1 aliphatic heterocycles. The number of aromatic nitrogens is 1. The van der Waals surface area contributed by atoms with Crippen LogP contribution in [0.4, 0.5) is 17.1 Å². The van der Waals surface area contributed by atoms with Crippen LogP contribution < -0.4 is 21.7 Å². The third-order valence-electron chi connectivity index (χ3n) is 5.04. The number of nitrogens with two attached hydrogens (primary N) is 1. The van der Waals surface area contributed by atoms with Crippen molar-refractivity contribution in [3.63, 3.8) is 0 Å². The lowest BCUT2D eigenvalue weighted by Crippen LogP contribution is -2.44. The fourth-order valence-corrected chi connectivity index (χ4v) is 3.64. The van der Waals surface area contributed by atoms with Gasteiger partial charge in [0.2, 0.25) is 0 Å². The van der Waals surface area contributed by atoms with Crippen molar-refractivity contribution in [2.45, 2.75) is 12.2 Å². The van der Waals surface area contributed by atoms with E-state index in [4.69, 9.17) is 22.7 Å². The van der Waals surface area contributed by atoms with Gasteiger partial charge < -0.3 is 26.8 Å². The quantitative estimate of drug-likeness (QED) is 0.260. The smallest absolute Gasteiger partial charge is 0.263 e. The highest BCUT2D eigenvalue weighted by molar-refractivity contribution is 6.30. The molecule has 0 aliphatic carbocycles. The number of anilines is 3. The molecule has 3 aromatic rings. The van der Waals surface area contributed by atoms with Crippen molar-refractivity contribution in [3.8, 4) is 0 Å². The lowest BCUT2D eigenvalue weighted by atomic mass is 10.0. The van der Waals surface area contributed by atoms with E-state index in [0.717, 1.165) is 0 Å². The Morgan fingerprint density at radius 1 is 1.19 bits per heavy atom. The number of carbonyl (C=O) groups excluding carboxylic acids is 1. The molecule has 158 valence electrons. The number of aliphatic hydroxyl groups is 1. The molecule has 0 bridgehead atoms. The molecule has 0 saturated heterocycles. The van der Waals surface area contributed by atoms with Crippen LogP contribution in [0.2, 0.25) is 5.02 Å². The van der Waals surface area contributed by atoms with Crippen molar-refractivity contribution in [3.05, 3.63) is 82.6 Å². The maximum Gasteiger partial charge on any atom is 0.263 e. The second kappa shape index (κ2) is 8.63. The highest BCUT2D eigenvalue weighted by atomic mass is 35.5. The third-order valence-corrected chi connectivity index (χ3v) is 5.28. The van der Waals surface area contributed by atoms with Gasteiger partial charge in [0.25, 0.3) is 5.91 Å². The number of nitrogens with one attached hydrogen (secondary N) is 4. The molecule has 0 radical (unpaired) electrons. The van der Waals surface area contributed by atoms with E-state index >= 15 is 0 Å². The third kappa shape index (κ3) is 4.30. The number of halogens is 1. The second-order valence-electron chi connectivity index (χ2n) is 7.12. The Balaban J connectivity index is 1.50. The van der Waals surface area contributed by atoms with Crippen LogP contribution in [0.15, 0.2) is 60.9 Å². The van der Waals surface area contributed by atoms with Crippen molar-refractivity contribution in [2.75, 3.05) is 23.0 Å². The van der Waals surface area contributed by atoms with Gasteiger partial charge in [-0.1, -0.05) is 23.7 Å². The summed E-state index contributed by atoms with van der Waals surface area (Å²) in [4.78, 5) is 16.8. The van der Waals surface area contributed by atoms with Gasteiger partial charge in [0, 0.05) is 34.2 Å². The molecule has 2 aromatic carbocycles. The maximum atomic E-state index is 12.8. The number of nitrogens with zero attached hydrogens (tertiary/aromatic N) is 1. The van der Waals surface area contributed by atoms with E-state index < -0.39 is 12.2 Å². The number of benzene rings is 2. The lowest BCUT2D eigenvalue weighted by Gasteiger charge is -2.20. The predicted octanol–water partition coefficient (Wildman–Crippen LogP) is 2.75. The summed E-state index contributed by atoms with van der Waals surface area (Å²) >= 11 is 6.02. The van der Waals surface area contributed by atoms with Gasteiger partial charge in [-0.05, 0) is 42.0 Å². The predicted molar refractivity (Wildman–Crippen MR) is 121 cm³/mol. The van der Waals surface area contributed by atoms with Gasteiger partial charge in [-0.3, -0.25) is 15.2 Å². The number of aliphatic hydroxyl groups excluding tert-OH is 1. The van der Waals surface area contributed by atoms with E-state index in [2.05, 4.69) is 20.9 Å². The zero-order valence-corrected chi connectivity index (χ0v) is 17.1. The number of pyridine rings is 1. The van der Waals surface area contributed by atoms with Crippen LogP contribution in [-0.2, 0) is 4.79 Å². The second-order valence-corrected chi connectivity index (χ2v) is 7.55. The molecule has 1 amide bonds. The van der Waals surface area contributed by atoms with Crippen LogP contribution in [0.1, 0.15) is 22.7 Å². The Morgan fingerprint density at radius 2 is 1.90 bits per heavy atom. The van der Waals surface area contributed by atoms with E-state index in [1.54, 1.807) is 60.9 Å². The van der Waals surface area contributed by atoms with Crippen molar-refractivity contribution in [2.24, 2.45) is 0 Å². The van der Waals surface area contributed by atoms with Crippen LogP contribution in [-0.4, -0.2) is 34.5 Å². The Hall–Kier alpha value is -3.62. The summed E-state index contributed by atoms with van der Waals surface area (Å²) in [6.07, 6.45) is 2.48. The standard InChI is InChI=1S/C22H21ClN6O2/c23-14-3-1-2-13(8-14)19(11-30)29-22(31)21-27-17-9-15(16(24)10-18(17)28-21)20(25)12-4-6-26-7-5-12/h1-10,19,21,25,27-28,30H,11,24H2,(H,29,31). The highest BCUT2D eigenvalue weighted by Gasteiger charge is 2.29. The van der Waals surface area contributed by atoms with Gasteiger partial charge in [-0.25, -0.2) is 0 Å². The van der Waals surface area contributed by atoms with Crippen LogP contribution in [0, 0.1) is 5.41 Å². The number of amides is 1. The number of nitrogen functional groups attached to an aromatic ring is 1. The maximum absolute atomic E-state index is 12.8. The summed E-state index contributed by atoms with van der Waals surface area (Å²) in [5.74, 6) is -0.348. The minimum absolute atomic E-state index is 0.263. The summed E-state index contributed by atoms with van der Waals surface area (Å²) in [6, 6.07) is 13.3. The van der Waals surface area contributed by atoms with Crippen LogP contribution in [0.5, 0.6) is 0 Å². The largest absolute Gasteiger partial charge is 0.398 e. The SMILES string of the molecule is N=C(c1ccncc1)c1cc2c(cc1N)NC(C(=O)NC(CO)c1cccc(Cl)c1)N2. The van der Waals surface area contributed by atoms with E-state index in [1.807, 2.05) is 0 Å². The molecule has 8 nitrogen and oxygen atoms in total. The lowest BCUT2D eigenvalue weighted by molar-refractivity contribution is -0.122. The Morgan fingerprint density at radius 3 is 2.58 bits per heavy atom. The summed E-state index contributed by atoms with van der Waals surface area (Å²) in [7, 11) is 0. The minimum Gasteiger partial charge on any atom is -0.398 e. The molecule has 31 heavy (non-hydrogen) atoms. The molecule has 1 aliphatic rings. The molecule has 9 heteroatoms. The van der Waals surface area contributed by atoms with Crippen molar-refractivity contribution < 1.29 is 9.90 Å². The molecular formula is C22H21ClN6O2. The van der Waals surface area contributed by atoms with E-state index in [0.29, 0.717) is 38.8 Å². The summed E-state index contributed by atoms with van der Waals surface area (Å²) in [6.45, 7) is -0.272. The normalized spacial score (nSPS) is 15.4. The van der Waals surface area contributed by atoms with Crippen molar-refractivity contribution >= 4 is 40.3 Å². The van der Waals surface area contributed by atoms with Crippen LogP contribution in [0.25, 0.3) is 0 Å². The van der Waals surface area contributed by atoms with E-state index in [9.17, 15) is 9.90 Å². The molecular weight excluding hydrogens is 416 g/mol. The number of hydrogen-bond donors (Lipinski definition) is 6. The Kier molecular flexibility index (Phi) is 5.75. The molecule has 7 N–H and O–H groups in total. The average Bonchev–Trinajstić information content (AvgIpc) is 3.20. The van der Waals surface area contributed by atoms with Crippen LogP contribution >= 0.6 is 11.6 Å². The number of carbonyl (C=O) groups is 1. The summed E-state index contributed by atoms with van der Waals surface area (Å²) < 4.78 is 0. The molecule has 2 heterocycles. The molecule has 0 saturated carbocycles. The van der Waals surface area contributed by atoms with Gasteiger partial charge in [-0.2, -0.15) is 0 Å². The van der Waals surface area contributed by atoms with Gasteiger partial charge in [0.1, 0.15) is 0 Å². The first kappa shape index (κ1) is 20.6. The Bertz CT molecular complexity index is 1140. The number of rotatable bonds is 6. The molecule has 4 rings (SSSR count). The van der Waals surface area contributed by atoms with Crippen LogP contribution in [0.3, 0.4) is 0 Å². The topological polar surface area (TPSA) is 136 Å². The number of fused-ring (bicyclic) bond motifs is 1. The van der Waals surface area contributed by atoms with Gasteiger partial charge in [0.15, 0.2) is 6.17 Å². The molecule has 2 unspecified atom stereocenters. The first-order valence-electron chi connectivity index (χ1n) is 9.59. The summed E-state index contributed by atoms with van der Waals surface area (Å²) in [5.41, 5.74) is 10.1. The summed E-state index contributed by atoms with van der Waals surface area (Å²) in [5, 5.41) is 27.7. The van der Waals surface area contributed by atoms with Gasteiger partial charge in [0.05, 0.1) is 29.7 Å². The fraction of sp³-hybridized carbons (Fsp3) is 0.136. The first-order chi connectivity index (χ1) is 15.0. The average molecular weight is 437 g/mol. The zero-order valence-electron chi connectivity index (χ0n) is 16.4. The molecule has 1 aromatic heterocycles. The Labute approximate surface area is 184 Å². The fourth-order valence-electron chi connectivity index (χ4n) is 3.44. The van der Waals surface area contributed by atoms with E-state index in [1.165, 1.54) is 0 Å².